The highest BCUT2D eigenvalue weighted by atomic mass is 16.7. The van der Waals surface area contributed by atoms with E-state index in [1.165, 1.54) is 17.3 Å². The summed E-state index contributed by atoms with van der Waals surface area (Å²) in [6.45, 7) is 2.81. The Morgan fingerprint density at radius 1 is 0.929 bits per heavy atom. The van der Waals surface area contributed by atoms with E-state index in [-0.39, 0.29) is 18.9 Å². The standard InChI is InChI=1S/C31H28N6O5/c1-21-7-5-15-32-25(21)19-35-18-14-31(26(20-35)42-30(40)41)27(38)36(29(39)37(31)28-33-16-6-17-34-28)24-12-10-23(11-13-24)22-8-3-2-4-9-22/h2-13,15-17,26H,14,18-20H2,1H3,(H,40,41). The summed E-state index contributed by atoms with van der Waals surface area (Å²) in [5.41, 5.74) is 2.39. The van der Waals surface area contributed by atoms with Gasteiger partial charge in [0.15, 0.2) is 11.6 Å². The number of carbonyl (C=O) groups is 3. The predicted octanol–water partition coefficient (Wildman–Crippen LogP) is 4.53. The van der Waals surface area contributed by atoms with Gasteiger partial charge in [0.1, 0.15) is 0 Å². The molecule has 2 unspecified atom stereocenters. The van der Waals surface area contributed by atoms with Crippen molar-refractivity contribution in [2.24, 2.45) is 0 Å². The molecule has 0 aliphatic carbocycles. The summed E-state index contributed by atoms with van der Waals surface area (Å²) < 4.78 is 5.42. The predicted molar refractivity (Wildman–Crippen MR) is 154 cm³/mol. The number of carbonyl (C=O) groups excluding carboxylic acids is 2. The Labute approximate surface area is 242 Å². The highest BCUT2D eigenvalue weighted by Gasteiger charge is 2.66. The number of aromatic nitrogens is 3. The molecule has 2 atom stereocenters. The molecule has 2 aromatic heterocycles. The van der Waals surface area contributed by atoms with Gasteiger partial charge in [-0.1, -0.05) is 48.5 Å². The molecule has 212 valence electrons. The summed E-state index contributed by atoms with van der Waals surface area (Å²) >= 11 is 0. The highest BCUT2D eigenvalue weighted by molar-refractivity contribution is 6.30. The zero-order chi connectivity index (χ0) is 29.3. The minimum absolute atomic E-state index is 0.00716. The highest BCUT2D eigenvalue weighted by Crippen LogP contribution is 2.43. The molecule has 1 N–H and O–H groups in total. The number of benzene rings is 2. The third-order valence-corrected chi connectivity index (χ3v) is 7.84. The Hall–Kier alpha value is -5.16. The summed E-state index contributed by atoms with van der Waals surface area (Å²) in [5.74, 6) is -0.598. The van der Waals surface area contributed by atoms with Gasteiger partial charge >= 0.3 is 12.2 Å². The van der Waals surface area contributed by atoms with Gasteiger partial charge in [-0.3, -0.25) is 14.7 Å². The SMILES string of the molecule is Cc1cccnc1CN1CCC2(C(=O)N(c3ccc(-c4ccccc4)cc3)C(=O)N2c2ncccn2)C(OC(=O)O)C1. The number of carboxylic acid groups (broad SMARTS) is 1. The molecule has 2 saturated heterocycles. The molecule has 0 bridgehead atoms. The molecule has 0 radical (unpaired) electrons. The third kappa shape index (κ3) is 4.73. The number of ether oxygens (including phenoxy) is 1. The molecule has 2 aliphatic heterocycles. The molecule has 0 saturated carbocycles. The number of hydrogen-bond acceptors (Lipinski definition) is 8. The average Bonchev–Trinajstić information content (AvgIpc) is 3.22. The molecule has 11 nitrogen and oxygen atoms in total. The molecule has 42 heavy (non-hydrogen) atoms. The van der Waals surface area contributed by atoms with E-state index in [0.29, 0.717) is 18.8 Å². The molecule has 6 rings (SSSR count). The van der Waals surface area contributed by atoms with Crippen LogP contribution in [0.15, 0.2) is 91.4 Å². The second kappa shape index (κ2) is 11.0. The summed E-state index contributed by atoms with van der Waals surface area (Å²) in [7, 11) is 0. The van der Waals surface area contributed by atoms with Crippen LogP contribution in [0.5, 0.6) is 0 Å². The number of imide groups is 1. The lowest BCUT2D eigenvalue weighted by Crippen LogP contribution is -2.67. The van der Waals surface area contributed by atoms with Gasteiger partial charge in [-0.2, -0.15) is 0 Å². The van der Waals surface area contributed by atoms with Crippen molar-refractivity contribution in [1.82, 2.24) is 19.9 Å². The van der Waals surface area contributed by atoms with Gasteiger partial charge < -0.3 is 9.84 Å². The summed E-state index contributed by atoms with van der Waals surface area (Å²) in [6.07, 6.45) is 1.97. The number of nitrogens with zero attached hydrogens (tertiary/aromatic N) is 6. The summed E-state index contributed by atoms with van der Waals surface area (Å²) in [5, 5.41) is 9.75. The van der Waals surface area contributed by atoms with Crippen molar-refractivity contribution in [1.29, 1.82) is 0 Å². The molecule has 2 aliphatic rings. The lowest BCUT2D eigenvalue weighted by atomic mass is 9.82. The summed E-state index contributed by atoms with van der Waals surface area (Å²) in [4.78, 5) is 57.8. The van der Waals surface area contributed by atoms with Crippen LogP contribution in [0.1, 0.15) is 17.7 Å². The normalized spacial score (nSPS) is 20.7. The molecule has 3 amide bonds. The maximum Gasteiger partial charge on any atom is 0.506 e. The maximum atomic E-state index is 14.4. The van der Waals surface area contributed by atoms with Gasteiger partial charge in [0.2, 0.25) is 5.95 Å². The molecular formula is C31H28N6O5. The Morgan fingerprint density at radius 3 is 2.31 bits per heavy atom. The van der Waals surface area contributed by atoms with Crippen LogP contribution < -0.4 is 9.80 Å². The zero-order valence-electron chi connectivity index (χ0n) is 22.8. The van der Waals surface area contributed by atoms with Gasteiger partial charge in [0.25, 0.3) is 5.91 Å². The molecule has 1 spiro atoms. The summed E-state index contributed by atoms with van der Waals surface area (Å²) in [6, 6.07) is 21.5. The van der Waals surface area contributed by atoms with Crippen LogP contribution in [0.3, 0.4) is 0 Å². The first kappa shape index (κ1) is 27.0. The van der Waals surface area contributed by atoms with E-state index in [1.807, 2.05) is 66.4 Å². The second-order valence-corrected chi connectivity index (χ2v) is 10.3. The number of urea groups is 1. The Balaban J connectivity index is 1.39. The van der Waals surface area contributed by atoms with Gasteiger partial charge in [0.05, 0.1) is 11.4 Å². The lowest BCUT2D eigenvalue weighted by Gasteiger charge is -2.45. The van der Waals surface area contributed by atoms with Crippen LogP contribution >= 0.6 is 0 Å². The first-order valence-corrected chi connectivity index (χ1v) is 13.5. The smallest absolute Gasteiger partial charge is 0.450 e. The number of rotatable bonds is 6. The van der Waals surface area contributed by atoms with Crippen molar-refractivity contribution in [3.05, 3.63) is 103 Å². The Kier molecular flexibility index (Phi) is 7.09. The molecule has 2 fully saturated rings. The van der Waals surface area contributed by atoms with Crippen molar-refractivity contribution in [2.45, 2.75) is 31.5 Å². The largest absolute Gasteiger partial charge is 0.506 e. The second-order valence-electron chi connectivity index (χ2n) is 10.3. The Morgan fingerprint density at radius 2 is 1.62 bits per heavy atom. The molecular weight excluding hydrogens is 536 g/mol. The third-order valence-electron chi connectivity index (χ3n) is 7.84. The maximum absolute atomic E-state index is 14.4. The number of likely N-dealkylation sites (tertiary alicyclic amines) is 1. The number of hydrogen-bond donors (Lipinski definition) is 1. The lowest BCUT2D eigenvalue weighted by molar-refractivity contribution is -0.129. The van der Waals surface area contributed by atoms with Crippen molar-refractivity contribution < 1.29 is 24.2 Å². The minimum Gasteiger partial charge on any atom is -0.450 e. The van der Waals surface area contributed by atoms with Crippen LogP contribution in [-0.4, -0.2) is 67.8 Å². The van der Waals surface area contributed by atoms with Crippen LogP contribution in [-0.2, 0) is 16.1 Å². The van der Waals surface area contributed by atoms with Crippen molar-refractivity contribution in [3.63, 3.8) is 0 Å². The van der Waals surface area contributed by atoms with Crippen LogP contribution in [0.25, 0.3) is 11.1 Å². The van der Waals surface area contributed by atoms with E-state index in [9.17, 15) is 19.5 Å². The fourth-order valence-electron chi connectivity index (χ4n) is 5.74. The average molecular weight is 565 g/mol. The van der Waals surface area contributed by atoms with Crippen LogP contribution in [0.2, 0.25) is 0 Å². The fourth-order valence-corrected chi connectivity index (χ4v) is 5.74. The van der Waals surface area contributed by atoms with E-state index >= 15 is 0 Å². The van der Waals surface area contributed by atoms with Crippen molar-refractivity contribution in [3.8, 4) is 11.1 Å². The van der Waals surface area contributed by atoms with Gasteiger partial charge in [-0.15, -0.1) is 0 Å². The first-order chi connectivity index (χ1) is 20.4. The number of aryl methyl sites for hydroxylation is 1. The van der Waals surface area contributed by atoms with Crippen LogP contribution in [0, 0.1) is 6.92 Å². The molecule has 4 aromatic rings. The van der Waals surface area contributed by atoms with E-state index in [2.05, 4.69) is 15.0 Å². The van der Waals surface area contributed by atoms with E-state index in [4.69, 9.17) is 4.74 Å². The molecule has 2 aromatic carbocycles. The number of piperidine rings is 1. The topological polar surface area (TPSA) is 129 Å². The quantitative estimate of drug-likeness (QED) is 0.265. The van der Waals surface area contributed by atoms with Crippen LogP contribution in [0.4, 0.5) is 21.2 Å². The Bertz CT molecular complexity index is 1620. The van der Waals surface area contributed by atoms with E-state index in [1.54, 1.807) is 24.4 Å². The monoisotopic (exact) mass is 564 g/mol. The molecule has 4 heterocycles. The number of pyridine rings is 1. The first-order valence-electron chi connectivity index (χ1n) is 13.5. The zero-order valence-corrected chi connectivity index (χ0v) is 22.8. The van der Waals surface area contributed by atoms with Gasteiger partial charge in [-0.05, 0) is 54.3 Å². The molecule has 11 heteroatoms. The van der Waals surface area contributed by atoms with Crippen molar-refractivity contribution in [2.75, 3.05) is 22.9 Å². The van der Waals surface area contributed by atoms with E-state index in [0.717, 1.165) is 27.3 Å². The van der Waals surface area contributed by atoms with E-state index < -0.39 is 29.7 Å². The number of anilines is 2. The van der Waals surface area contributed by atoms with Gasteiger partial charge in [0, 0.05) is 38.2 Å². The number of amides is 3. The fraction of sp³-hybridized carbons (Fsp3) is 0.226. The van der Waals surface area contributed by atoms with Crippen molar-refractivity contribution >= 4 is 29.7 Å². The van der Waals surface area contributed by atoms with Gasteiger partial charge in [-0.25, -0.2) is 29.4 Å². The minimum atomic E-state index is -1.69.